The zero-order chi connectivity index (χ0) is 88.5. The van der Waals surface area contributed by atoms with E-state index < -0.39 is 5.31 Å². The number of hydrogen-bond acceptors (Lipinski definition) is 13. The average Bonchev–Trinajstić information content (AvgIpc) is 0.886. The van der Waals surface area contributed by atoms with Crippen molar-refractivity contribution in [3.63, 3.8) is 0 Å². The molecule has 15 atom stereocenters. The van der Waals surface area contributed by atoms with Gasteiger partial charge in [-0.2, -0.15) is 0 Å². The summed E-state index contributed by atoms with van der Waals surface area (Å²) < 4.78 is 4.61. The van der Waals surface area contributed by atoms with Gasteiger partial charge in [-0.25, -0.2) is 0 Å². The summed E-state index contributed by atoms with van der Waals surface area (Å²) in [6, 6.07) is 46.4. The van der Waals surface area contributed by atoms with Crippen LogP contribution in [0.3, 0.4) is 0 Å². The number of halogens is 1. The summed E-state index contributed by atoms with van der Waals surface area (Å²) in [4.78, 5) is 128. The van der Waals surface area contributed by atoms with Gasteiger partial charge in [0.2, 0.25) is 11.8 Å². The molecule has 0 aromatic heterocycles. The van der Waals surface area contributed by atoms with Crippen molar-refractivity contribution in [1.82, 2.24) is 10.6 Å². The smallest absolute Gasteiger partial charge is 1.00 e. The molecule has 0 bridgehead atoms. The number of aldehydes is 1. The molecule has 6 fully saturated rings. The van der Waals surface area contributed by atoms with Gasteiger partial charge in [-0.3, -0.25) is 47.9 Å². The first-order valence-corrected chi connectivity index (χ1v) is 49.6. The molecular weight excluding hydrogens is 1640 g/mol. The molecule has 687 valence electrons. The predicted octanol–water partition coefficient (Wildman–Crippen LogP) is 19.3. The maximum Gasteiger partial charge on any atom is 1.00 e. The fraction of sp³-hybridized carbons (Fsp3) is 0.575. The first-order chi connectivity index (χ1) is 57.2. The van der Waals surface area contributed by atoms with Crippen LogP contribution in [0.5, 0.6) is 0 Å². The van der Waals surface area contributed by atoms with Crippen molar-refractivity contribution in [1.29, 1.82) is 0 Å². The molecule has 0 spiro atoms. The Hall–Kier alpha value is -7.12. The number of rotatable bonds is 34. The summed E-state index contributed by atoms with van der Waals surface area (Å²) in [6.07, 6.45) is 29.8. The van der Waals surface area contributed by atoms with Gasteiger partial charge in [0.1, 0.15) is 46.8 Å². The quantitative estimate of drug-likeness (QED) is 0.0114. The number of methoxy groups -OCH3 is 1. The maximum atomic E-state index is 13.2. The molecule has 0 aliphatic heterocycles. The molecule has 5 aromatic carbocycles. The molecule has 6 aliphatic carbocycles. The van der Waals surface area contributed by atoms with Crippen LogP contribution in [-0.4, -0.2) is 111 Å². The number of ketones is 7. The zero-order valence-electron chi connectivity index (χ0n) is 77.2. The molecule has 2 amide bonds. The molecule has 6 saturated carbocycles. The predicted molar refractivity (Wildman–Crippen MR) is 523 cm³/mol. The zero-order valence-corrected chi connectivity index (χ0v) is 78.7. The molecule has 6 aliphatic rings. The molecule has 3 radical (unpaired) electrons. The van der Waals surface area contributed by atoms with Crippen molar-refractivity contribution in [2.45, 2.75) is 283 Å². The molecular formula is C106H159BBrLiN2O13P. The minimum absolute atomic E-state index is 0. The Bertz CT molecular complexity index is 3960. The third-order valence-electron chi connectivity index (χ3n) is 25.0. The van der Waals surface area contributed by atoms with Crippen LogP contribution in [0.2, 0.25) is 0 Å². The normalized spacial score (nSPS) is 20.4. The van der Waals surface area contributed by atoms with Gasteiger partial charge in [-0.05, 0) is 175 Å². The van der Waals surface area contributed by atoms with E-state index in [1.807, 2.05) is 58.9 Å². The molecule has 15 nitrogen and oxygen atoms in total. The third kappa shape index (κ3) is 39.4. The Balaban J connectivity index is 0. The van der Waals surface area contributed by atoms with Crippen molar-refractivity contribution in [3.05, 3.63) is 177 Å². The minimum Gasteiger partial charge on any atom is -1.00 e. The first kappa shape index (κ1) is 118. The monoisotopic (exact) mass is 1800 g/mol. The summed E-state index contributed by atoms with van der Waals surface area (Å²) in [5.41, 5.74) is 1.16. The number of allylic oxidation sites excluding steroid dienone is 1. The topological polar surface area (TPSA) is 241 Å². The second-order valence-corrected chi connectivity index (χ2v) is 45.9. The Labute approximate surface area is 778 Å². The largest absolute Gasteiger partial charge is 1.00 e. The number of fused-ring (bicyclic) bond motifs is 1. The Morgan fingerprint density at radius 1 is 0.472 bits per heavy atom. The van der Waals surface area contributed by atoms with Gasteiger partial charge in [0.05, 0.1) is 13.0 Å². The van der Waals surface area contributed by atoms with Crippen molar-refractivity contribution < 1.29 is 82.9 Å². The fourth-order valence-electron chi connectivity index (χ4n) is 17.6. The number of aliphatic hydroxyl groups excluding tert-OH is 1. The summed E-state index contributed by atoms with van der Waals surface area (Å²) in [7, 11) is 1.38. The van der Waals surface area contributed by atoms with Crippen LogP contribution < -0.4 is 45.4 Å². The van der Waals surface area contributed by atoms with Crippen LogP contribution in [0.4, 0.5) is 0 Å². The van der Waals surface area contributed by atoms with E-state index in [9.17, 15) is 52.7 Å². The number of esters is 1. The molecule has 3 N–H and O–H groups in total. The third-order valence-corrected chi connectivity index (χ3v) is 33.3. The van der Waals surface area contributed by atoms with Crippen molar-refractivity contribution in [2.24, 2.45) is 88.8 Å². The van der Waals surface area contributed by atoms with Gasteiger partial charge in [-0.15, -0.1) is 19.7 Å². The van der Waals surface area contributed by atoms with E-state index in [-0.39, 0.29) is 165 Å². The number of carbonyl (C=O) groups excluding carboxylic acids is 11. The van der Waals surface area contributed by atoms with Crippen LogP contribution in [0.1, 0.15) is 272 Å². The number of nitrogens with one attached hydrogen (secondary N) is 2. The molecule has 0 saturated heterocycles. The van der Waals surface area contributed by atoms with E-state index in [0.717, 1.165) is 134 Å². The number of aliphatic hydroxyl groups is 1. The molecule has 5 aromatic rings. The number of carbonyl (C=O) groups is 11. The van der Waals surface area contributed by atoms with Gasteiger partial charge in [0.25, 0.3) is 0 Å². The molecule has 11 rings (SSSR count). The number of hydrogen-bond donors (Lipinski definition) is 3. The van der Waals surface area contributed by atoms with E-state index in [1.54, 1.807) is 12.2 Å². The SMILES string of the molecule is C.C.C.C=C[C@@H](C)C[C@@H]1CCCC1=O.C=C[C@H](C[C@@H]1CCCC1=O)NC(=O)[C@@H](C)CC(C)C.C=C[C@H](C[C@@H]1CCCC1=O)NC(=O)[C@@H](CC(=O)[C@@H](C)Cc1cccc2ccccc12)CC(C)C.COC(=O)[C@@H](C)C[C@@H]1CCCC1=O.CP(Br)(c1ccccc1)(c1ccccc1)c1ccccc1.C[C@H](C=O)C[C@@H]1CCCC1=O.C[C@H](CO)C[C@@H]1CCCC1=O.[B].[H-].[Li+]. The molecule has 0 unspecified atom stereocenters. The van der Waals surface area contributed by atoms with E-state index in [1.165, 1.54) is 33.8 Å². The van der Waals surface area contributed by atoms with Crippen LogP contribution >= 0.6 is 20.8 Å². The van der Waals surface area contributed by atoms with Crippen LogP contribution in [-0.2, 0) is 63.9 Å². The maximum absolute atomic E-state index is 13.2. The Kier molecular flexibility index (Phi) is 57.9. The van der Waals surface area contributed by atoms with Crippen LogP contribution in [0, 0.1) is 88.8 Å². The van der Waals surface area contributed by atoms with Crippen LogP contribution in [0.25, 0.3) is 10.8 Å². The molecule has 125 heavy (non-hydrogen) atoms. The fourth-order valence-corrected chi connectivity index (χ4v) is 23.3. The summed E-state index contributed by atoms with van der Waals surface area (Å²) in [5.74, 6) is 4.10. The van der Waals surface area contributed by atoms with E-state index in [4.69, 9.17) is 5.11 Å². The second kappa shape index (κ2) is 61.4. The standard InChI is InChI=1S/C30H39NO3.C19H18BrP.C16H27NO2.C10H16O3.C10H16O.C9H16O2.C9H14O2.3CH4.B.Li.H/c1-5-26(18-24-13-9-15-28(24)32)31-30(34)25(16-20(2)3)19-29(33)21(4)17-23-12-8-11-22-10-6-7-14-27(22)23;1-21(20,17-11-5-2-6-12-17,18-13-7-3-8-14-18)19-15-9-4-10-16-19;1-5-14(10-13-7-6-8-15(13)18)17-16(19)12(4)9-11(2)3;1-7(10(12)13-2)6-8-4-3-5-9(8)11;1-3-8(2)7-9-5-4-6-10(9)11;2*1-7(6-10)5-8-3-2-4-9(8)11;;;;;;/h5-8,10-12,14,20-21,24-26H,1,9,13,15-19H2,2-4H3,(H,31,34);2-16H,1H3;5,11-14H,1,6-10H2,2-4H3,(H,17,19);7-8H,3-6H2,1-2H3;3,8-9H,1,4-7H2,2H3;7-8,10H,2-6H2,1H3;6-8H,2-5H2,1H3;3*1H4;;;/q;;;;;;;;;;;+1;-1/t21-,24-,25+,26+;;12-,13-,14+;7-,8-;8-,9+;2*7-,8-;;;;;;/m0.00100....../s1. The molecule has 0 heterocycles. The van der Waals surface area contributed by atoms with Crippen molar-refractivity contribution in [2.75, 3.05) is 20.4 Å². The minimum atomic E-state index is -2.56. The molecule has 19 heteroatoms. The number of ether oxygens (including phenoxy) is 1. The number of benzene rings is 5. The van der Waals surface area contributed by atoms with Gasteiger partial charge in [-0.1, -0.05) is 152 Å². The Morgan fingerprint density at radius 3 is 1.18 bits per heavy atom. The average molecular weight is 1800 g/mol. The van der Waals surface area contributed by atoms with Gasteiger partial charge < -0.3 is 26.7 Å². The van der Waals surface area contributed by atoms with Crippen molar-refractivity contribution in [3.8, 4) is 0 Å². The summed E-state index contributed by atoms with van der Waals surface area (Å²) in [5, 5.41) is 18.7. The van der Waals surface area contributed by atoms with Crippen LogP contribution in [0.15, 0.2) is 171 Å². The van der Waals surface area contributed by atoms with E-state index >= 15 is 0 Å². The Morgan fingerprint density at radius 2 is 0.824 bits per heavy atom. The van der Waals surface area contributed by atoms with Crippen molar-refractivity contribution >= 4 is 120 Å². The van der Waals surface area contributed by atoms with Gasteiger partial charge >= 0.3 is 159 Å². The van der Waals surface area contributed by atoms with Gasteiger partial charge in [0, 0.05) is 131 Å². The number of amides is 2. The second-order valence-electron chi connectivity index (χ2n) is 36.2. The summed E-state index contributed by atoms with van der Waals surface area (Å²) >= 11 is 4.24. The van der Waals surface area contributed by atoms with E-state index in [0.29, 0.717) is 110 Å². The van der Waals surface area contributed by atoms with E-state index in [2.05, 4.69) is 207 Å². The van der Waals surface area contributed by atoms with Gasteiger partial charge in [0.15, 0.2) is 0 Å². The summed E-state index contributed by atoms with van der Waals surface area (Å²) in [6.45, 7) is 34.1. The number of Topliss-reactive ketones (excluding diaryl/α,β-unsaturated/α-hetero) is 7. The first-order valence-electron chi connectivity index (χ1n) is 44.9.